The first kappa shape index (κ1) is 30.7. The molecule has 45 heavy (non-hydrogen) atoms. The average molecular weight is 686 g/mol. The largest absolute Gasteiger partial charge is 0.388 e. The molecule has 242 valence electrons. The second-order valence-electron chi connectivity index (χ2n) is 10.8. The highest BCUT2D eigenvalue weighted by molar-refractivity contribution is 8.44. The second kappa shape index (κ2) is 11.7. The van der Waals surface area contributed by atoms with E-state index in [1.807, 2.05) is 0 Å². The predicted octanol–water partition coefficient (Wildman–Crippen LogP) is 0.808. The van der Waals surface area contributed by atoms with E-state index < -0.39 is 69.3 Å². The van der Waals surface area contributed by atoms with Gasteiger partial charge in [-0.2, -0.15) is 4.98 Å². The Labute approximate surface area is 259 Å². The minimum absolute atomic E-state index is 0.0169. The number of hydrogen-bond acceptors (Lipinski definition) is 16. The summed E-state index contributed by atoms with van der Waals surface area (Å²) in [5, 5.41) is 12.0. The van der Waals surface area contributed by atoms with Crippen LogP contribution in [-0.2, 0) is 36.7 Å². The fourth-order valence-corrected chi connectivity index (χ4v) is 8.63. The molecule has 0 radical (unpaired) electrons. The van der Waals surface area contributed by atoms with E-state index in [9.17, 15) is 19.0 Å². The molecule has 2 unspecified atom stereocenters. The van der Waals surface area contributed by atoms with Crippen LogP contribution in [-0.4, -0.2) is 90.0 Å². The Morgan fingerprint density at radius 1 is 1.20 bits per heavy atom. The molecule has 1 saturated carbocycles. The van der Waals surface area contributed by atoms with E-state index in [-0.39, 0.29) is 42.6 Å². The predicted molar refractivity (Wildman–Crippen MR) is 160 cm³/mol. The minimum Gasteiger partial charge on any atom is -0.388 e. The molecule has 4 aromatic heterocycles. The van der Waals surface area contributed by atoms with E-state index in [0.29, 0.717) is 11.0 Å². The lowest BCUT2D eigenvalue weighted by molar-refractivity contribution is -0.0541. The normalized spacial score (nSPS) is 36.0. The quantitative estimate of drug-likeness (QED) is 0.148. The van der Waals surface area contributed by atoms with Crippen molar-refractivity contribution in [2.45, 2.75) is 49.2 Å². The fourth-order valence-electron chi connectivity index (χ4n) is 6.21. The van der Waals surface area contributed by atoms with Crippen LogP contribution < -0.4 is 17.0 Å². The van der Waals surface area contributed by atoms with Crippen molar-refractivity contribution in [2.75, 3.05) is 31.8 Å². The molecule has 4 aromatic rings. The van der Waals surface area contributed by atoms with Gasteiger partial charge in [-0.1, -0.05) is 12.2 Å². The van der Waals surface area contributed by atoms with Gasteiger partial charge in [-0.15, -0.1) is 0 Å². The average Bonchev–Trinajstić information content (AvgIpc) is 3.75. The van der Waals surface area contributed by atoms with Crippen LogP contribution in [0.15, 0.2) is 29.7 Å². The second-order valence-corrected chi connectivity index (χ2v) is 14.7. The summed E-state index contributed by atoms with van der Waals surface area (Å²) in [5.41, 5.74) is 11.7. The van der Waals surface area contributed by atoms with E-state index >= 15 is 0 Å². The zero-order chi connectivity index (χ0) is 31.6. The number of anilines is 2. The Morgan fingerprint density at radius 3 is 2.82 bits per heavy atom. The Morgan fingerprint density at radius 2 is 2.02 bits per heavy atom. The monoisotopic (exact) mass is 685 g/mol. The number of nitrogen functional groups attached to an aromatic ring is 2. The number of methoxy groups -OCH3 is 1. The SMILES string of the molecule is CO[C@H]1[C@H]2O[PH](=O)OC[C@H]3C[C@@H](n4ccc5c(N)ncnc54)[C@H](O)[C@@H]3OP(=O)(S)OC[C@H]1O[C@H]2n1cnc2c(=O)[nH]c(N)nc21. The molecular formula is C23H29N9O10P2S. The van der Waals surface area contributed by atoms with Crippen LogP contribution in [0, 0.1) is 5.92 Å². The van der Waals surface area contributed by atoms with Gasteiger partial charge in [-0.05, 0) is 12.5 Å². The Balaban J connectivity index is 1.20. The molecule has 2 bridgehead atoms. The molecule has 22 heteroatoms. The first-order chi connectivity index (χ1) is 21.5. The molecule has 10 atom stereocenters. The number of rotatable bonds is 3. The van der Waals surface area contributed by atoms with Gasteiger partial charge in [0.2, 0.25) is 5.95 Å². The highest BCUT2D eigenvalue weighted by Crippen LogP contribution is 2.58. The third-order valence-electron chi connectivity index (χ3n) is 8.22. The minimum atomic E-state index is -4.15. The van der Waals surface area contributed by atoms with Gasteiger partial charge in [0.15, 0.2) is 17.4 Å². The lowest BCUT2D eigenvalue weighted by Crippen LogP contribution is -2.36. The number of nitrogens with one attached hydrogen (secondary N) is 1. The standard InChI is InChI=1S/C23H29N9O10P2S/c1-37-16-12-6-39-44(36,45)42-15-9(4-11(14(15)33)31-3-2-10-18(24)26-7-27-19(10)31)5-38-43(35)41-17(16)22(40-12)32-8-28-13-20(32)29-23(25)30-21(13)34/h2-3,7-9,11-12,14-17,22,33,43H,4-6H2,1H3,(H,36,45)(H2,24,26,27)(H3,25,29,30,34)/t9-,11-,12-,14+,15-,16-,17-,22-,44?/m1/s1. The summed E-state index contributed by atoms with van der Waals surface area (Å²) in [6.45, 7) is -4.72. The number of nitrogens with zero attached hydrogens (tertiary/aromatic N) is 6. The summed E-state index contributed by atoms with van der Waals surface area (Å²) in [4.78, 5) is 31.3. The number of ether oxygens (including phenoxy) is 2. The van der Waals surface area contributed by atoms with E-state index in [0.717, 1.165) is 0 Å². The Bertz CT molecular complexity index is 1890. The van der Waals surface area contributed by atoms with Crippen molar-refractivity contribution in [3.63, 3.8) is 0 Å². The number of aromatic amines is 1. The van der Waals surface area contributed by atoms with Crippen LogP contribution in [0.2, 0.25) is 0 Å². The number of imidazole rings is 1. The van der Waals surface area contributed by atoms with Crippen molar-refractivity contribution in [1.29, 1.82) is 0 Å². The molecule has 0 spiro atoms. The van der Waals surface area contributed by atoms with Crippen molar-refractivity contribution in [1.82, 2.24) is 34.1 Å². The van der Waals surface area contributed by atoms with Gasteiger partial charge in [-0.25, -0.2) is 19.5 Å². The number of aliphatic hydroxyl groups excluding tert-OH is 1. The number of hydrogen-bond donors (Lipinski definition) is 5. The molecule has 0 aromatic carbocycles. The molecule has 6 N–H and O–H groups in total. The highest BCUT2D eigenvalue weighted by Gasteiger charge is 2.51. The summed E-state index contributed by atoms with van der Waals surface area (Å²) < 4.78 is 64.9. The van der Waals surface area contributed by atoms with Gasteiger partial charge in [0.25, 0.3) is 5.56 Å². The summed E-state index contributed by atoms with van der Waals surface area (Å²) in [7, 11) is -1.88. The van der Waals surface area contributed by atoms with Crippen LogP contribution >= 0.6 is 27.3 Å². The number of H-pyrrole nitrogens is 1. The molecule has 2 aliphatic heterocycles. The summed E-state index contributed by atoms with van der Waals surface area (Å²) in [5.74, 6) is -0.505. The maximum absolute atomic E-state index is 13.6. The molecular weight excluding hydrogens is 656 g/mol. The topological polar surface area (TPSA) is 256 Å². The Hall–Kier alpha value is -2.90. The van der Waals surface area contributed by atoms with Crippen molar-refractivity contribution < 1.29 is 41.8 Å². The Kier molecular flexibility index (Phi) is 8.00. The molecule has 0 amide bonds. The molecule has 3 fully saturated rings. The molecule has 1 aliphatic carbocycles. The van der Waals surface area contributed by atoms with E-state index in [1.165, 1.54) is 24.3 Å². The number of nitrogens with two attached hydrogens (primary N) is 2. The zero-order valence-corrected chi connectivity index (χ0v) is 26.2. The van der Waals surface area contributed by atoms with Crippen molar-refractivity contribution in [3.05, 3.63) is 35.3 Å². The number of aliphatic hydroxyl groups is 1. The van der Waals surface area contributed by atoms with Crippen LogP contribution in [0.1, 0.15) is 18.7 Å². The first-order valence-corrected chi connectivity index (χ1v) is 17.6. The lowest BCUT2D eigenvalue weighted by Gasteiger charge is -2.26. The van der Waals surface area contributed by atoms with E-state index in [1.54, 1.807) is 16.8 Å². The highest BCUT2D eigenvalue weighted by atomic mass is 32.7. The summed E-state index contributed by atoms with van der Waals surface area (Å²) in [6.07, 6.45) is -1.82. The molecule has 3 aliphatic rings. The third kappa shape index (κ3) is 5.48. The van der Waals surface area contributed by atoms with Crippen LogP contribution in [0.25, 0.3) is 22.2 Å². The van der Waals surface area contributed by atoms with Gasteiger partial charge in [0.1, 0.15) is 48.3 Å². The van der Waals surface area contributed by atoms with Gasteiger partial charge in [0, 0.05) is 19.2 Å². The third-order valence-corrected chi connectivity index (χ3v) is 10.7. The smallest absolute Gasteiger partial charge is 0.386 e. The maximum Gasteiger partial charge on any atom is 0.386 e. The van der Waals surface area contributed by atoms with Crippen LogP contribution in [0.3, 0.4) is 0 Å². The van der Waals surface area contributed by atoms with Crippen molar-refractivity contribution in [2.24, 2.45) is 5.92 Å². The number of aromatic nitrogens is 7. The lowest BCUT2D eigenvalue weighted by atomic mass is 10.1. The molecule has 19 nitrogen and oxygen atoms in total. The van der Waals surface area contributed by atoms with Gasteiger partial charge in [0.05, 0.1) is 31.0 Å². The van der Waals surface area contributed by atoms with Crippen molar-refractivity contribution >= 4 is 61.3 Å². The van der Waals surface area contributed by atoms with Crippen molar-refractivity contribution in [3.8, 4) is 0 Å². The summed E-state index contributed by atoms with van der Waals surface area (Å²) >= 11 is 4.18. The van der Waals surface area contributed by atoms with Crippen LogP contribution in [0.5, 0.6) is 0 Å². The van der Waals surface area contributed by atoms with E-state index in [4.69, 9.17) is 39.0 Å². The van der Waals surface area contributed by atoms with Crippen LogP contribution in [0.4, 0.5) is 11.8 Å². The maximum atomic E-state index is 13.6. The number of fused-ring (bicyclic) bond motifs is 5. The van der Waals surface area contributed by atoms with Gasteiger partial charge in [-0.3, -0.25) is 32.5 Å². The first-order valence-electron chi connectivity index (χ1n) is 13.7. The fraction of sp³-hybridized carbons (Fsp3) is 0.522. The zero-order valence-electron chi connectivity index (χ0n) is 23.4. The molecule has 7 rings (SSSR count). The molecule has 6 heterocycles. The van der Waals surface area contributed by atoms with Gasteiger partial charge < -0.3 is 35.1 Å². The summed E-state index contributed by atoms with van der Waals surface area (Å²) in [6, 6.07) is 1.11. The van der Waals surface area contributed by atoms with Gasteiger partial charge >= 0.3 is 15.1 Å². The number of thiol groups is 1. The molecule has 2 saturated heterocycles. The van der Waals surface area contributed by atoms with E-state index in [2.05, 4.69) is 37.2 Å².